The molecule has 0 aliphatic heterocycles. The molecule has 0 radical (unpaired) electrons. The van der Waals surface area contributed by atoms with Crippen molar-refractivity contribution in [1.29, 1.82) is 0 Å². The maximum atomic E-state index is 9.58. The van der Waals surface area contributed by atoms with Crippen LogP contribution in [0.2, 0.25) is 5.02 Å². The molecule has 0 saturated heterocycles. The predicted molar refractivity (Wildman–Crippen MR) is 76.3 cm³/mol. The van der Waals surface area contributed by atoms with Gasteiger partial charge in [0.25, 0.3) is 0 Å². The zero-order valence-corrected chi connectivity index (χ0v) is 12.4. The van der Waals surface area contributed by atoms with Crippen LogP contribution in [-0.4, -0.2) is 18.3 Å². The zero-order valence-electron chi connectivity index (χ0n) is 10.0. The van der Waals surface area contributed by atoms with Crippen LogP contribution in [-0.2, 0) is 6.42 Å². The van der Waals surface area contributed by atoms with Crippen LogP contribution in [0.15, 0.2) is 22.7 Å². The molecule has 96 valence electrons. The highest BCUT2D eigenvalue weighted by Crippen LogP contribution is 2.31. The van der Waals surface area contributed by atoms with E-state index in [1.165, 1.54) is 0 Å². The molecule has 1 atom stereocenters. The number of aliphatic hydroxyl groups excluding tert-OH is 1. The molecule has 17 heavy (non-hydrogen) atoms. The summed E-state index contributed by atoms with van der Waals surface area (Å²) >= 11 is 9.58. The van der Waals surface area contributed by atoms with E-state index >= 15 is 0 Å². The Morgan fingerprint density at radius 2 is 2.18 bits per heavy atom. The maximum Gasteiger partial charge on any atom is 0.0502 e. The molecule has 3 N–H and O–H groups in total. The van der Waals surface area contributed by atoms with E-state index in [1.807, 2.05) is 18.2 Å². The van der Waals surface area contributed by atoms with E-state index < -0.39 is 0 Å². The number of rotatable bonds is 6. The smallest absolute Gasteiger partial charge is 0.0502 e. The first kappa shape index (κ1) is 15.0. The van der Waals surface area contributed by atoms with Gasteiger partial charge in [0.2, 0.25) is 0 Å². The SMILES string of the molecule is CCCC(CN)(CO)Cc1ccc(Br)cc1Cl. The molecule has 0 amide bonds. The fourth-order valence-electron chi connectivity index (χ4n) is 2.06. The molecule has 0 saturated carbocycles. The fourth-order valence-corrected chi connectivity index (χ4v) is 2.80. The molecule has 0 bridgehead atoms. The van der Waals surface area contributed by atoms with Gasteiger partial charge in [-0.3, -0.25) is 0 Å². The van der Waals surface area contributed by atoms with E-state index in [4.69, 9.17) is 17.3 Å². The van der Waals surface area contributed by atoms with Crippen LogP contribution >= 0.6 is 27.5 Å². The Bertz CT molecular complexity index is 366. The Hall–Kier alpha value is -0.0900. The molecule has 2 nitrogen and oxygen atoms in total. The number of aliphatic hydroxyl groups is 1. The van der Waals surface area contributed by atoms with Crippen LogP contribution in [0.5, 0.6) is 0 Å². The van der Waals surface area contributed by atoms with Crippen molar-refractivity contribution in [2.45, 2.75) is 26.2 Å². The number of hydrogen-bond donors (Lipinski definition) is 2. The molecule has 1 rings (SSSR count). The van der Waals surface area contributed by atoms with Crippen molar-refractivity contribution in [1.82, 2.24) is 0 Å². The molecule has 0 heterocycles. The van der Waals surface area contributed by atoms with E-state index in [1.54, 1.807) is 0 Å². The highest BCUT2D eigenvalue weighted by Gasteiger charge is 2.28. The maximum absolute atomic E-state index is 9.58. The summed E-state index contributed by atoms with van der Waals surface area (Å²) in [7, 11) is 0. The highest BCUT2D eigenvalue weighted by atomic mass is 79.9. The summed E-state index contributed by atoms with van der Waals surface area (Å²) in [6, 6.07) is 5.83. The largest absolute Gasteiger partial charge is 0.396 e. The lowest BCUT2D eigenvalue weighted by atomic mass is 9.78. The van der Waals surface area contributed by atoms with E-state index in [0.717, 1.165) is 34.3 Å². The predicted octanol–water partition coefficient (Wildman–Crippen LogP) is 3.38. The fraction of sp³-hybridized carbons (Fsp3) is 0.538. The molecule has 0 fully saturated rings. The second-order valence-electron chi connectivity index (χ2n) is 4.52. The van der Waals surface area contributed by atoms with Gasteiger partial charge < -0.3 is 10.8 Å². The first-order valence-electron chi connectivity index (χ1n) is 5.82. The van der Waals surface area contributed by atoms with E-state index in [-0.39, 0.29) is 12.0 Å². The summed E-state index contributed by atoms with van der Waals surface area (Å²) in [6.45, 7) is 2.68. The van der Waals surface area contributed by atoms with Crippen LogP contribution in [0, 0.1) is 5.41 Å². The van der Waals surface area contributed by atoms with Crippen molar-refractivity contribution >= 4 is 27.5 Å². The average molecular weight is 321 g/mol. The third kappa shape index (κ3) is 3.95. The van der Waals surface area contributed by atoms with E-state index in [9.17, 15) is 5.11 Å². The minimum absolute atomic E-state index is 0.101. The molecule has 0 aromatic heterocycles. The monoisotopic (exact) mass is 319 g/mol. The van der Waals surface area contributed by atoms with Gasteiger partial charge in [0.15, 0.2) is 0 Å². The molecule has 4 heteroatoms. The Balaban J connectivity index is 2.92. The minimum Gasteiger partial charge on any atom is -0.396 e. The number of halogens is 2. The molecular weight excluding hydrogens is 302 g/mol. The highest BCUT2D eigenvalue weighted by molar-refractivity contribution is 9.10. The summed E-state index contributed by atoms with van der Waals surface area (Å²) < 4.78 is 0.962. The second kappa shape index (κ2) is 6.74. The van der Waals surface area contributed by atoms with Crippen LogP contribution in [0.25, 0.3) is 0 Å². The van der Waals surface area contributed by atoms with Gasteiger partial charge in [-0.05, 0) is 30.5 Å². The molecule has 1 aromatic carbocycles. The standard InChI is InChI=1S/C13H19BrClNO/c1-2-5-13(8-16,9-17)7-10-3-4-11(14)6-12(10)15/h3-4,6,17H,2,5,7-9,16H2,1H3. The van der Waals surface area contributed by atoms with Crippen molar-refractivity contribution in [3.63, 3.8) is 0 Å². The third-order valence-corrected chi connectivity index (χ3v) is 3.97. The van der Waals surface area contributed by atoms with Crippen LogP contribution in [0.1, 0.15) is 25.3 Å². The van der Waals surface area contributed by atoms with Gasteiger partial charge in [0, 0.05) is 21.5 Å². The van der Waals surface area contributed by atoms with Gasteiger partial charge in [-0.1, -0.05) is 46.9 Å². The first-order valence-corrected chi connectivity index (χ1v) is 6.99. The molecule has 0 aliphatic rings. The Labute approximate surface area is 116 Å². The number of nitrogens with two attached hydrogens (primary N) is 1. The summed E-state index contributed by atoms with van der Waals surface area (Å²) in [5.74, 6) is 0. The zero-order chi connectivity index (χ0) is 12.9. The van der Waals surface area contributed by atoms with Crippen LogP contribution < -0.4 is 5.73 Å². The average Bonchev–Trinajstić information content (AvgIpc) is 2.32. The Kier molecular flexibility index (Phi) is 5.93. The Morgan fingerprint density at radius 3 is 2.65 bits per heavy atom. The normalized spacial score (nSPS) is 14.6. The van der Waals surface area contributed by atoms with Crippen molar-refractivity contribution in [3.05, 3.63) is 33.3 Å². The van der Waals surface area contributed by atoms with Crippen LogP contribution in [0.3, 0.4) is 0 Å². The molecular formula is C13H19BrClNO. The molecule has 0 spiro atoms. The van der Waals surface area contributed by atoms with Crippen LogP contribution in [0.4, 0.5) is 0 Å². The van der Waals surface area contributed by atoms with Crippen molar-refractivity contribution in [2.75, 3.05) is 13.2 Å². The Morgan fingerprint density at radius 1 is 1.47 bits per heavy atom. The van der Waals surface area contributed by atoms with Gasteiger partial charge in [0.05, 0.1) is 6.61 Å². The minimum atomic E-state index is -0.244. The van der Waals surface area contributed by atoms with Gasteiger partial charge in [0.1, 0.15) is 0 Å². The van der Waals surface area contributed by atoms with E-state index in [2.05, 4.69) is 22.9 Å². The second-order valence-corrected chi connectivity index (χ2v) is 5.85. The summed E-state index contributed by atoms with van der Waals surface area (Å²) in [5, 5.41) is 10.3. The van der Waals surface area contributed by atoms with E-state index in [0.29, 0.717) is 6.54 Å². The summed E-state index contributed by atoms with van der Waals surface area (Å²) in [6.07, 6.45) is 2.64. The van der Waals surface area contributed by atoms with Crippen molar-refractivity contribution < 1.29 is 5.11 Å². The molecule has 1 aromatic rings. The summed E-state index contributed by atoms with van der Waals surface area (Å²) in [4.78, 5) is 0. The number of benzene rings is 1. The van der Waals surface area contributed by atoms with Gasteiger partial charge in [-0.2, -0.15) is 0 Å². The lowest BCUT2D eigenvalue weighted by Crippen LogP contribution is -2.36. The van der Waals surface area contributed by atoms with Gasteiger partial charge in [-0.25, -0.2) is 0 Å². The number of hydrogen-bond acceptors (Lipinski definition) is 2. The third-order valence-electron chi connectivity index (χ3n) is 3.13. The first-order chi connectivity index (χ1) is 8.06. The van der Waals surface area contributed by atoms with Crippen molar-refractivity contribution in [2.24, 2.45) is 11.1 Å². The summed E-state index contributed by atoms with van der Waals surface area (Å²) in [5.41, 5.74) is 6.62. The van der Waals surface area contributed by atoms with Crippen molar-refractivity contribution in [3.8, 4) is 0 Å². The quantitative estimate of drug-likeness (QED) is 0.844. The van der Waals surface area contributed by atoms with Gasteiger partial charge in [-0.15, -0.1) is 0 Å². The molecule has 1 unspecified atom stereocenters. The topological polar surface area (TPSA) is 46.2 Å². The van der Waals surface area contributed by atoms with Gasteiger partial charge >= 0.3 is 0 Å². The lowest BCUT2D eigenvalue weighted by Gasteiger charge is -2.30. The lowest BCUT2D eigenvalue weighted by molar-refractivity contribution is 0.121. The molecule has 0 aliphatic carbocycles.